The number of hydrogen-bond donors (Lipinski definition) is 1. The average molecular weight is 476 g/mol. The Kier molecular flexibility index (Phi) is 4.98. The van der Waals surface area contributed by atoms with Gasteiger partial charge in [0.15, 0.2) is 0 Å². The fourth-order valence-electron chi connectivity index (χ4n) is 3.88. The largest absolute Gasteiger partial charge is 0.497 e. The lowest BCUT2D eigenvalue weighted by Gasteiger charge is -2.29. The number of amides is 3. The lowest BCUT2D eigenvalue weighted by molar-refractivity contribution is 0.0507. The van der Waals surface area contributed by atoms with E-state index in [2.05, 4.69) is 15.4 Å². The zero-order valence-electron chi connectivity index (χ0n) is 18.9. The van der Waals surface area contributed by atoms with Crippen LogP contribution in [0.4, 0.5) is 5.95 Å². The fraction of sp³-hybridized carbons (Fsp3) is 0.208. The highest BCUT2D eigenvalue weighted by Gasteiger charge is 2.42. The molecule has 1 N–H and O–H groups in total. The number of methoxy groups -OCH3 is 1. The molecule has 0 radical (unpaired) electrons. The zero-order chi connectivity index (χ0) is 24.2. The van der Waals surface area contributed by atoms with Crippen molar-refractivity contribution in [3.05, 3.63) is 64.5 Å². The number of thiazole rings is 1. The Labute approximate surface area is 199 Å². The smallest absolute Gasteiger partial charge is 0.262 e. The average Bonchev–Trinajstić information content (AvgIpc) is 3.44. The van der Waals surface area contributed by atoms with Gasteiger partial charge < -0.3 is 4.74 Å². The van der Waals surface area contributed by atoms with E-state index in [-0.39, 0.29) is 23.0 Å². The summed E-state index contributed by atoms with van der Waals surface area (Å²) in [6.07, 6.45) is 0. The lowest BCUT2D eigenvalue weighted by Crippen LogP contribution is -2.45. The van der Waals surface area contributed by atoms with E-state index in [1.54, 1.807) is 32.4 Å². The molecule has 1 aliphatic rings. The van der Waals surface area contributed by atoms with Crippen molar-refractivity contribution in [3.8, 4) is 17.0 Å². The number of fused-ring (bicyclic) bond motifs is 2. The number of carbonyl (C=O) groups is 3. The Balaban J connectivity index is 1.41. The molecule has 1 aliphatic heterocycles. The van der Waals surface area contributed by atoms with Crippen molar-refractivity contribution in [1.29, 1.82) is 0 Å². The monoisotopic (exact) mass is 475 g/mol. The predicted octanol–water partition coefficient (Wildman–Crippen LogP) is 4.11. The fourth-order valence-corrected chi connectivity index (χ4v) is 4.71. The molecule has 2 aromatic carbocycles. The molecule has 172 valence electrons. The van der Waals surface area contributed by atoms with Gasteiger partial charge in [-0.15, -0.1) is 16.4 Å². The van der Waals surface area contributed by atoms with Crippen molar-refractivity contribution < 1.29 is 19.1 Å². The van der Waals surface area contributed by atoms with Crippen LogP contribution in [0.3, 0.4) is 0 Å². The van der Waals surface area contributed by atoms with E-state index in [1.165, 1.54) is 34.4 Å². The topological polar surface area (TPSA) is 106 Å². The second kappa shape index (κ2) is 7.77. The van der Waals surface area contributed by atoms with Crippen LogP contribution >= 0.6 is 11.3 Å². The Morgan fingerprint density at radius 1 is 1.06 bits per heavy atom. The summed E-state index contributed by atoms with van der Waals surface area (Å²) >= 11 is 1.39. The summed E-state index contributed by atoms with van der Waals surface area (Å²) in [5, 5.41) is 9.04. The maximum Gasteiger partial charge on any atom is 0.262 e. The molecule has 4 aromatic rings. The molecule has 0 atom stereocenters. The van der Waals surface area contributed by atoms with Crippen LogP contribution in [0.1, 0.15) is 51.8 Å². The maximum atomic E-state index is 12.9. The van der Waals surface area contributed by atoms with Gasteiger partial charge in [0.2, 0.25) is 4.96 Å². The first-order valence-corrected chi connectivity index (χ1v) is 11.4. The molecule has 0 unspecified atom stereocenters. The third-order valence-electron chi connectivity index (χ3n) is 5.49. The number of imide groups is 1. The first-order chi connectivity index (χ1) is 16.2. The van der Waals surface area contributed by atoms with Gasteiger partial charge >= 0.3 is 0 Å². The molecular weight excluding hydrogens is 454 g/mol. The molecule has 0 saturated heterocycles. The van der Waals surface area contributed by atoms with Gasteiger partial charge in [-0.2, -0.15) is 4.98 Å². The van der Waals surface area contributed by atoms with E-state index in [1.807, 2.05) is 29.6 Å². The number of hydrogen-bond acceptors (Lipinski definition) is 7. The number of aromatic nitrogens is 3. The van der Waals surface area contributed by atoms with Gasteiger partial charge in [-0.25, -0.2) is 4.52 Å². The van der Waals surface area contributed by atoms with Crippen LogP contribution in [-0.4, -0.2) is 49.9 Å². The number of nitrogens with one attached hydrogen (secondary N) is 1. The first kappa shape index (κ1) is 21.8. The van der Waals surface area contributed by atoms with Crippen LogP contribution in [0.2, 0.25) is 0 Å². The molecule has 3 amide bonds. The molecule has 5 rings (SSSR count). The van der Waals surface area contributed by atoms with Crippen LogP contribution in [0.15, 0.2) is 47.8 Å². The second-order valence-corrected chi connectivity index (χ2v) is 9.65. The summed E-state index contributed by atoms with van der Waals surface area (Å²) in [5.74, 6) is -0.384. The minimum absolute atomic E-state index is 0.139. The van der Waals surface area contributed by atoms with E-state index in [0.29, 0.717) is 10.5 Å². The van der Waals surface area contributed by atoms with Crippen molar-refractivity contribution in [2.45, 2.75) is 26.3 Å². The van der Waals surface area contributed by atoms with E-state index < -0.39 is 17.4 Å². The van der Waals surface area contributed by atoms with Crippen molar-refractivity contribution >= 4 is 40.0 Å². The van der Waals surface area contributed by atoms with Crippen molar-refractivity contribution in [2.24, 2.45) is 0 Å². The van der Waals surface area contributed by atoms with E-state index >= 15 is 0 Å². The standard InChI is InChI=1S/C24H21N5O4S/c1-24(2,3)28-20(31)16-9-8-14(11-17(16)21(28)32)19(30)25-22-26-23-29(27-22)18(12-34-23)13-6-5-7-15(10-13)33-4/h5-12H,1-4H3,(H,25,27,30). The zero-order valence-corrected chi connectivity index (χ0v) is 19.8. The number of ether oxygens (including phenoxy) is 1. The minimum atomic E-state index is -0.664. The predicted molar refractivity (Wildman–Crippen MR) is 128 cm³/mol. The molecule has 9 nitrogen and oxygen atoms in total. The summed E-state index contributed by atoms with van der Waals surface area (Å²) in [5.41, 5.74) is 1.80. The van der Waals surface area contributed by atoms with Gasteiger partial charge in [0, 0.05) is 22.0 Å². The molecule has 0 spiro atoms. The lowest BCUT2D eigenvalue weighted by atomic mass is 10.1. The van der Waals surface area contributed by atoms with Crippen LogP contribution in [0.5, 0.6) is 5.75 Å². The SMILES string of the molecule is COc1cccc(-c2csc3nc(NC(=O)c4ccc5c(c4)C(=O)N(C(C)(C)C)C5=O)nn23)c1. The highest BCUT2D eigenvalue weighted by atomic mass is 32.1. The molecule has 0 fully saturated rings. The van der Waals surface area contributed by atoms with E-state index in [4.69, 9.17) is 4.74 Å². The summed E-state index contributed by atoms with van der Waals surface area (Å²) in [6.45, 7) is 5.37. The van der Waals surface area contributed by atoms with Crippen molar-refractivity contribution in [3.63, 3.8) is 0 Å². The molecular formula is C24H21N5O4S. The molecule has 0 aliphatic carbocycles. The third kappa shape index (κ3) is 3.52. The Morgan fingerprint density at radius 3 is 2.56 bits per heavy atom. The molecule has 0 bridgehead atoms. The third-order valence-corrected chi connectivity index (χ3v) is 6.31. The quantitative estimate of drug-likeness (QED) is 0.445. The number of carbonyl (C=O) groups excluding carboxylic acids is 3. The minimum Gasteiger partial charge on any atom is -0.497 e. The molecule has 2 aromatic heterocycles. The summed E-state index contributed by atoms with van der Waals surface area (Å²) < 4.78 is 6.95. The highest BCUT2D eigenvalue weighted by molar-refractivity contribution is 7.15. The van der Waals surface area contributed by atoms with Crippen molar-refractivity contribution in [1.82, 2.24) is 19.5 Å². The number of benzene rings is 2. The number of rotatable bonds is 4. The summed E-state index contributed by atoms with van der Waals surface area (Å²) in [4.78, 5) is 44.6. The Morgan fingerprint density at radius 2 is 1.82 bits per heavy atom. The van der Waals surface area contributed by atoms with Crippen LogP contribution < -0.4 is 10.1 Å². The van der Waals surface area contributed by atoms with Gasteiger partial charge in [0.05, 0.1) is 23.9 Å². The van der Waals surface area contributed by atoms with Gasteiger partial charge in [-0.05, 0) is 51.1 Å². The van der Waals surface area contributed by atoms with E-state index in [9.17, 15) is 14.4 Å². The molecule has 10 heteroatoms. The van der Waals surface area contributed by atoms with Gasteiger partial charge in [-0.3, -0.25) is 24.6 Å². The Bertz CT molecular complexity index is 1480. The Hall–Kier alpha value is -4.05. The van der Waals surface area contributed by atoms with Gasteiger partial charge in [0.25, 0.3) is 23.7 Å². The van der Waals surface area contributed by atoms with Crippen LogP contribution in [-0.2, 0) is 0 Å². The van der Waals surface area contributed by atoms with Crippen molar-refractivity contribution in [2.75, 3.05) is 12.4 Å². The normalized spacial score (nSPS) is 13.5. The van der Waals surface area contributed by atoms with Gasteiger partial charge in [0.1, 0.15) is 5.75 Å². The highest BCUT2D eigenvalue weighted by Crippen LogP contribution is 2.31. The van der Waals surface area contributed by atoms with E-state index in [0.717, 1.165) is 17.0 Å². The molecule has 34 heavy (non-hydrogen) atoms. The number of nitrogens with zero attached hydrogens (tertiary/aromatic N) is 4. The number of anilines is 1. The van der Waals surface area contributed by atoms with Crippen LogP contribution in [0, 0.1) is 0 Å². The maximum absolute atomic E-state index is 12.9. The second-order valence-electron chi connectivity index (χ2n) is 8.81. The summed E-state index contributed by atoms with van der Waals surface area (Å²) in [7, 11) is 1.61. The molecule has 0 saturated carbocycles. The summed E-state index contributed by atoms with van der Waals surface area (Å²) in [6, 6.07) is 12.0. The molecule has 3 heterocycles. The van der Waals surface area contributed by atoms with Crippen LogP contribution in [0.25, 0.3) is 16.2 Å². The first-order valence-electron chi connectivity index (χ1n) is 10.5. The van der Waals surface area contributed by atoms with Gasteiger partial charge in [-0.1, -0.05) is 12.1 Å².